The van der Waals surface area contributed by atoms with Crippen LogP contribution in [0.5, 0.6) is 0 Å². The second kappa shape index (κ2) is 5.72. The number of hydrogen-bond donors (Lipinski definition) is 3. The Hall–Kier alpha value is -1.49. The Morgan fingerprint density at radius 1 is 1.29 bits per heavy atom. The zero-order chi connectivity index (χ0) is 13.0. The Morgan fingerprint density at radius 2 is 1.94 bits per heavy atom. The Morgan fingerprint density at radius 3 is 2.41 bits per heavy atom. The first-order valence-corrected chi connectivity index (χ1v) is 5.83. The molecular weight excluding hydrogens is 214 g/mol. The lowest BCUT2D eigenvalue weighted by atomic mass is 10.0. The van der Waals surface area contributed by atoms with E-state index in [2.05, 4.69) is 43.1 Å². The molecule has 0 aromatic carbocycles. The van der Waals surface area contributed by atoms with Gasteiger partial charge in [-0.15, -0.1) is 0 Å². The van der Waals surface area contributed by atoms with E-state index >= 15 is 0 Å². The van der Waals surface area contributed by atoms with Crippen molar-refractivity contribution in [1.82, 2.24) is 9.88 Å². The Labute approximate surface area is 103 Å². The molecule has 96 valence electrons. The van der Waals surface area contributed by atoms with Gasteiger partial charge in [0.1, 0.15) is 11.6 Å². The highest BCUT2D eigenvalue weighted by Gasteiger charge is 2.14. The fourth-order valence-corrected chi connectivity index (χ4v) is 1.57. The molecular formula is C12H23N5. The number of pyridine rings is 1. The van der Waals surface area contributed by atoms with Crippen LogP contribution in [-0.2, 0) is 0 Å². The topological polar surface area (TPSA) is 80.2 Å². The van der Waals surface area contributed by atoms with E-state index in [-0.39, 0.29) is 0 Å². The second-order valence-corrected chi connectivity index (χ2v) is 4.93. The van der Waals surface area contributed by atoms with Crippen LogP contribution in [0.25, 0.3) is 0 Å². The fraction of sp³-hybridized carbons (Fsp3) is 0.583. The largest absolute Gasteiger partial charge is 0.396 e. The summed E-state index contributed by atoms with van der Waals surface area (Å²) in [6.07, 6.45) is 0. The molecule has 0 spiro atoms. The SMILES string of the molecule is CC(C)C(CN(C)C)Nc1ccc(N)c(N)n1. The molecule has 17 heavy (non-hydrogen) atoms. The zero-order valence-corrected chi connectivity index (χ0v) is 11.1. The third kappa shape index (κ3) is 4.11. The first kappa shape index (κ1) is 13.6. The van der Waals surface area contributed by atoms with Crippen LogP contribution in [0, 0.1) is 5.92 Å². The van der Waals surface area contributed by atoms with E-state index in [0.717, 1.165) is 12.4 Å². The second-order valence-electron chi connectivity index (χ2n) is 4.93. The van der Waals surface area contributed by atoms with E-state index in [4.69, 9.17) is 11.5 Å². The Balaban J connectivity index is 2.75. The molecule has 1 aromatic rings. The standard InChI is InChI=1S/C12H23N5/c1-8(2)10(7-17(3)4)15-11-6-5-9(13)12(14)16-11/h5-6,8,10H,7,13H2,1-4H3,(H3,14,15,16). The summed E-state index contributed by atoms with van der Waals surface area (Å²) >= 11 is 0. The maximum Gasteiger partial charge on any atom is 0.149 e. The van der Waals surface area contributed by atoms with Gasteiger partial charge in [-0.1, -0.05) is 13.8 Å². The Kier molecular flexibility index (Phi) is 4.57. The molecule has 0 aliphatic heterocycles. The normalized spacial score (nSPS) is 13.1. The van der Waals surface area contributed by atoms with E-state index in [1.165, 1.54) is 0 Å². The third-order valence-electron chi connectivity index (χ3n) is 2.66. The number of likely N-dealkylation sites (N-methyl/N-ethyl adjacent to an activating group) is 1. The molecule has 0 fully saturated rings. The minimum atomic E-state index is 0.334. The van der Waals surface area contributed by atoms with E-state index < -0.39 is 0 Å². The van der Waals surface area contributed by atoms with Crippen molar-refractivity contribution in [2.24, 2.45) is 5.92 Å². The van der Waals surface area contributed by atoms with Gasteiger partial charge in [-0.05, 0) is 32.1 Å². The van der Waals surface area contributed by atoms with Crippen LogP contribution in [0.2, 0.25) is 0 Å². The quantitative estimate of drug-likeness (QED) is 0.718. The first-order valence-electron chi connectivity index (χ1n) is 5.83. The molecule has 0 saturated carbocycles. The molecule has 1 heterocycles. The number of nitrogens with zero attached hydrogens (tertiary/aromatic N) is 2. The molecule has 1 atom stereocenters. The van der Waals surface area contributed by atoms with Crippen molar-refractivity contribution in [2.45, 2.75) is 19.9 Å². The number of aromatic nitrogens is 1. The summed E-state index contributed by atoms with van der Waals surface area (Å²) in [5.41, 5.74) is 11.8. The predicted molar refractivity (Wildman–Crippen MR) is 73.9 cm³/mol. The van der Waals surface area contributed by atoms with Crippen LogP contribution in [0.1, 0.15) is 13.8 Å². The summed E-state index contributed by atoms with van der Waals surface area (Å²) in [7, 11) is 4.11. The van der Waals surface area contributed by atoms with Gasteiger partial charge in [-0.3, -0.25) is 0 Å². The molecule has 0 aliphatic rings. The molecule has 1 rings (SSSR count). The molecule has 5 nitrogen and oxygen atoms in total. The van der Waals surface area contributed by atoms with Gasteiger partial charge in [0.25, 0.3) is 0 Å². The van der Waals surface area contributed by atoms with Gasteiger partial charge in [0, 0.05) is 12.6 Å². The van der Waals surface area contributed by atoms with Crippen molar-refractivity contribution < 1.29 is 0 Å². The molecule has 5 N–H and O–H groups in total. The number of nitrogen functional groups attached to an aromatic ring is 2. The number of anilines is 3. The van der Waals surface area contributed by atoms with E-state index in [1.807, 2.05) is 6.07 Å². The van der Waals surface area contributed by atoms with Gasteiger partial charge in [-0.2, -0.15) is 0 Å². The van der Waals surface area contributed by atoms with E-state index in [9.17, 15) is 0 Å². The van der Waals surface area contributed by atoms with Crippen molar-refractivity contribution >= 4 is 17.3 Å². The molecule has 5 heteroatoms. The van der Waals surface area contributed by atoms with E-state index in [0.29, 0.717) is 23.5 Å². The lowest BCUT2D eigenvalue weighted by molar-refractivity contribution is 0.344. The summed E-state index contributed by atoms with van der Waals surface area (Å²) in [4.78, 5) is 6.38. The summed E-state index contributed by atoms with van der Waals surface area (Å²) in [5.74, 6) is 1.66. The highest BCUT2D eigenvalue weighted by atomic mass is 15.1. The van der Waals surface area contributed by atoms with Gasteiger partial charge in [0.05, 0.1) is 5.69 Å². The summed E-state index contributed by atoms with van der Waals surface area (Å²) in [6, 6.07) is 3.97. The van der Waals surface area contributed by atoms with Gasteiger partial charge in [0.2, 0.25) is 0 Å². The molecule has 0 radical (unpaired) electrons. The number of hydrogen-bond acceptors (Lipinski definition) is 5. The van der Waals surface area contributed by atoms with E-state index in [1.54, 1.807) is 6.07 Å². The number of nitrogens with two attached hydrogens (primary N) is 2. The Bertz CT molecular complexity index is 362. The van der Waals surface area contributed by atoms with Gasteiger partial charge in [0.15, 0.2) is 0 Å². The first-order chi connectivity index (χ1) is 7.90. The van der Waals surface area contributed by atoms with Crippen molar-refractivity contribution in [2.75, 3.05) is 37.4 Å². The van der Waals surface area contributed by atoms with Crippen LogP contribution in [0.15, 0.2) is 12.1 Å². The minimum absolute atomic E-state index is 0.334. The highest BCUT2D eigenvalue weighted by Crippen LogP contribution is 2.17. The molecule has 1 aromatic heterocycles. The molecule has 0 amide bonds. The number of rotatable bonds is 5. The van der Waals surface area contributed by atoms with Gasteiger partial charge >= 0.3 is 0 Å². The van der Waals surface area contributed by atoms with Crippen molar-refractivity contribution in [3.05, 3.63) is 12.1 Å². The molecule has 1 unspecified atom stereocenters. The molecule has 0 bridgehead atoms. The predicted octanol–water partition coefficient (Wildman–Crippen LogP) is 1.24. The van der Waals surface area contributed by atoms with Crippen LogP contribution < -0.4 is 16.8 Å². The molecule has 0 saturated heterocycles. The fourth-order valence-electron chi connectivity index (χ4n) is 1.57. The summed E-state index contributed by atoms with van der Waals surface area (Å²) < 4.78 is 0. The average molecular weight is 237 g/mol. The summed E-state index contributed by atoms with van der Waals surface area (Å²) in [5, 5.41) is 3.39. The average Bonchev–Trinajstić information content (AvgIpc) is 2.21. The summed E-state index contributed by atoms with van der Waals surface area (Å²) in [6.45, 7) is 5.31. The van der Waals surface area contributed by atoms with Crippen LogP contribution in [-0.4, -0.2) is 36.6 Å². The molecule has 0 aliphatic carbocycles. The van der Waals surface area contributed by atoms with Crippen molar-refractivity contribution in [3.63, 3.8) is 0 Å². The third-order valence-corrected chi connectivity index (χ3v) is 2.66. The monoisotopic (exact) mass is 237 g/mol. The van der Waals surface area contributed by atoms with Crippen LogP contribution >= 0.6 is 0 Å². The van der Waals surface area contributed by atoms with Crippen molar-refractivity contribution in [1.29, 1.82) is 0 Å². The lowest BCUT2D eigenvalue weighted by Crippen LogP contribution is -2.36. The lowest BCUT2D eigenvalue weighted by Gasteiger charge is -2.26. The highest BCUT2D eigenvalue weighted by molar-refractivity contribution is 5.61. The minimum Gasteiger partial charge on any atom is -0.396 e. The zero-order valence-electron chi connectivity index (χ0n) is 11.1. The number of nitrogens with one attached hydrogen (secondary N) is 1. The van der Waals surface area contributed by atoms with Crippen LogP contribution in [0.3, 0.4) is 0 Å². The van der Waals surface area contributed by atoms with Crippen LogP contribution in [0.4, 0.5) is 17.3 Å². The maximum atomic E-state index is 5.69. The maximum absolute atomic E-state index is 5.69. The van der Waals surface area contributed by atoms with Crippen molar-refractivity contribution in [3.8, 4) is 0 Å². The smallest absolute Gasteiger partial charge is 0.149 e. The van der Waals surface area contributed by atoms with Gasteiger partial charge < -0.3 is 21.7 Å². The van der Waals surface area contributed by atoms with Gasteiger partial charge in [-0.25, -0.2) is 4.98 Å².